The van der Waals surface area contributed by atoms with Crippen molar-refractivity contribution in [1.82, 2.24) is 9.88 Å². The minimum atomic E-state index is -0.661. The number of amides is 1. The van der Waals surface area contributed by atoms with Crippen molar-refractivity contribution in [3.8, 4) is 0 Å². The molecule has 4 rings (SSSR count). The van der Waals surface area contributed by atoms with Crippen LogP contribution in [0.2, 0.25) is 0 Å². The molecule has 2 heterocycles. The number of carbonyl (C=O) groups is 1. The van der Waals surface area contributed by atoms with Crippen LogP contribution in [0.1, 0.15) is 23.2 Å². The van der Waals surface area contributed by atoms with Gasteiger partial charge in [-0.05, 0) is 43.0 Å². The second-order valence-corrected chi connectivity index (χ2v) is 7.12. The zero-order valence-corrected chi connectivity index (χ0v) is 15.4. The van der Waals surface area contributed by atoms with Crippen LogP contribution in [0.15, 0.2) is 54.7 Å². The van der Waals surface area contributed by atoms with Crippen LogP contribution < -0.4 is 5.32 Å². The summed E-state index contributed by atoms with van der Waals surface area (Å²) in [5.41, 5.74) is 1.55. The highest BCUT2D eigenvalue weighted by Gasteiger charge is 2.23. The maximum absolute atomic E-state index is 13.9. The molecule has 144 valence electrons. The van der Waals surface area contributed by atoms with Crippen LogP contribution in [0.25, 0.3) is 10.9 Å². The Balaban J connectivity index is 1.37. The van der Waals surface area contributed by atoms with Gasteiger partial charge in [0.05, 0.1) is 0 Å². The van der Waals surface area contributed by atoms with Gasteiger partial charge in [0.15, 0.2) is 5.82 Å². The molecule has 28 heavy (non-hydrogen) atoms. The number of pyridine rings is 1. The van der Waals surface area contributed by atoms with E-state index < -0.39 is 11.6 Å². The quantitative estimate of drug-likeness (QED) is 0.725. The molecule has 1 N–H and O–H groups in total. The molecule has 0 spiro atoms. The maximum Gasteiger partial charge on any atom is 0.253 e. The second kappa shape index (κ2) is 7.92. The van der Waals surface area contributed by atoms with Crippen molar-refractivity contribution < 1.29 is 13.6 Å². The molecule has 1 aliphatic heterocycles. The minimum Gasteiger partial charge on any atom is -0.384 e. The van der Waals surface area contributed by atoms with Crippen molar-refractivity contribution >= 4 is 22.5 Å². The lowest BCUT2D eigenvalue weighted by Crippen LogP contribution is -2.39. The van der Waals surface area contributed by atoms with Crippen LogP contribution >= 0.6 is 0 Å². The van der Waals surface area contributed by atoms with Gasteiger partial charge in [0, 0.05) is 48.5 Å². The predicted octanol–water partition coefficient (Wildman–Crippen LogP) is 4.48. The Kier molecular flexibility index (Phi) is 5.19. The van der Waals surface area contributed by atoms with Gasteiger partial charge in [-0.25, -0.2) is 8.78 Å². The van der Waals surface area contributed by atoms with E-state index in [1.807, 2.05) is 35.2 Å². The average Bonchev–Trinajstić information content (AvgIpc) is 2.73. The highest BCUT2D eigenvalue weighted by molar-refractivity contribution is 5.94. The largest absolute Gasteiger partial charge is 0.384 e. The fourth-order valence-electron chi connectivity index (χ4n) is 3.69. The Morgan fingerprint density at radius 1 is 1.11 bits per heavy atom. The van der Waals surface area contributed by atoms with E-state index >= 15 is 0 Å². The van der Waals surface area contributed by atoms with Crippen LogP contribution in [0.4, 0.5) is 14.5 Å². The summed E-state index contributed by atoms with van der Waals surface area (Å²) in [5, 5.41) is 3.75. The zero-order chi connectivity index (χ0) is 19.5. The smallest absolute Gasteiger partial charge is 0.253 e. The number of piperidine rings is 1. The molecule has 0 saturated carbocycles. The summed E-state index contributed by atoms with van der Waals surface area (Å²) in [4.78, 5) is 18.4. The number of likely N-dealkylation sites (tertiary alicyclic amines) is 1. The zero-order valence-electron chi connectivity index (χ0n) is 15.4. The molecule has 0 bridgehead atoms. The molecule has 3 aromatic rings. The van der Waals surface area contributed by atoms with E-state index in [4.69, 9.17) is 0 Å². The van der Waals surface area contributed by atoms with Gasteiger partial charge < -0.3 is 10.2 Å². The van der Waals surface area contributed by atoms with E-state index in [1.54, 1.807) is 6.07 Å². The average molecular weight is 381 g/mol. The SMILES string of the molecule is O=C(c1ccccc1)N1CCC(CNc2ccnc3c(F)cc(F)cc23)CC1. The van der Waals surface area contributed by atoms with Gasteiger partial charge in [-0.1, -0.05) is 18.2 Å². The molecular weight excluding hydrogens is 360 g/mol. The third-order valence-corrected chi connectivity index (χ3v) is 5.27. The van der Waals surface area contributed by atoms with E-state index in [-0.39, 0.29) is 11.4 Å². The van der Waals surface area contributed by atoms with Gasteiger partial charge >= 0.3 is 0 Å². The molecular formula is C22H21F2N3O. The summed E-state index contributed by atoms with van der Waals surface area (Å²) in [5.74, 6) is -0.820. The number of hydrogen-bond acceptors (Lipinski definition) is 3. The Labute approximate surface area is 162 Å². The van der Waals surface area contributed by atoms with E-state index in [1.165, 1.54) is 12.3 Å². The standard InChI is InChI=1S/C22H21F2N3O/c23-17-12-18-20(6-9-25-21(18)19(24)13-17)26-14-15-7-10-27(11-8-15)22(28)16-4-2-1-3-5-16/h1-6,9,12-13,15H,7-8,10-11,14H2,(H,25,26). The Morgan fingerprint density at radius 3 is 2.61 bits per heavy atom. The molecule has 0 atom stereocenters. The van der Waals surface area contributed by atoms with Crippen molar-refractivity contribution in [2.45, 2.75) is 12.8 Å². The molecule has 1 saturated heterocycles. The van der Waals surface area contributed by atoms with Gasteiger partial charge in [-0.15, -0.1) is 0 Å². The molecule has 0 unspecified atom stereocenters. The molecule has 4 nitrogen and oxygen atoms in total. The Bertz CT molecular complexity index is 986. The molecule has 1 aromatic heterocycles. The van der Waals surface area contributed by atoms with Crippen molar-refractivity contribution in [3.63, 3.8) is 0 Å². The number of hydrogen-bond donors (Lipinski definition) is 1. The highest BCUT2D eigenvalue weighted by atomic mass is 19.1. The number of nitrogens with zero attached hydrogens (tertiary/aromatic N) is 2. The lowest BCUT2D eigenvalue weighted by atomic mass is 9.96. The van der Waals surface area contributed by atoms with Crippen LogP contribution in [0, 0.1) is 17.6 Å². The van der Waals surface area contributed by atoms with Crippen LogP contribution in [0.5, 0.6) is 0 Å². The van der Waals surface area contributed by atoms with Gasteiger partial charge in [-0.3, -0.25) is 9.78 Å². The summed E-state index contributed by atoms with van der Waals surface area (Å²) in [6, 6.07) is 13.2. The molecule has 0 aliphatic carbocycles. The van der Waals surface area contributed by atoms with Crippen LogP contribution in [0.3, 0.4) is 0 Å². The van der Waals surface area contributed by atoms with Crippen molar-refractivity contribution in [1.29, 1.82) is 0 Å². The lowest BCUT2D eigenvalue weighted by molar-refractivity contribution is 0.0695. The Hall–Kier alpha value is -3.02. The number of nitrogens with one attached hydrogen (secondary N) is 1. The molecule has 1 fully saturated rings. The first-order valence-electron chi connectivity index (χ1n) is 9.44. The molecule has 6 heteroatoms. The van der Waals surface area contributed by atoms with Crippen molar-refractivity contribution in [3.05, 3.63) is 71.9 Å². The number of aromatic nitrogens is 1. The van der Waals surface area contributed by atoms with Crippen molar-refractivity contribution in [2.75, 3.05) is 25.0 Å². The van der Waals surface area contributed by atoms with E-state index in [0.717, 1.165) is 18.9 Å². The predicted molar refractivity (Wildman–Crippen MR) is 105 cm³/mol. The third kappa shape index (κ3) is 3.81. The first-order chi connectivity index (χ1) is 13.6. The molecule has 1 aliphatic rings. The molecule has 1 amide bonds. The van der Waals surface area contributed by atoms with Crippen LogP contribution in [-0.2, 0) is 0 Å². The summed E-state index contributed by atoms with van der Waals surface area (Å²) < 4.78 is 27.5. The van der Waals surface area contributed by atoms with Gasteiger partial charge in [0.2, 0.25) is 0 Å². The Morgan fingerprint density at radius 2 is 1.86 bits per heavy atom. The minimum absolute atomic E-state index is 0.0677. The van der Waals surface area contributed by atoms with Gasteiger partial charge in [0.25, 0.3) is 5.91 Å². The van der Waals surface area contributed by atoms with E-state index in [0.29, 0.717) is 42.2 Å². The number of carbonyl (C=O) groups excluding carboxylic acids is 1. The fraction of sp³-hybridized carbons (Fsp3) is 0.273. The highest BCUT2D eigenvalue weighted by Crippen LogP contribution is 2.26. The van der Waals surface area contributed by atoms with E-state index in [2.05, 4.69) is 10.3 Å². The topological polar surface area (TPSA) is 45.2 Å². The second-order valence-electron chi connectivity index (χ2n) is 7.12. The number of rotatable bonds is 4. The van der Waals surface area contributed by atoms with Crippen LogP contribution in [-0.4, -0.2) is 35.4 Å². The van der Waals surface area contributed by atoms with E-state index in [9.17, 15) is 13.6 Å². The lowest BCUT2D eigenvalue weighted by Gasteiger charge is -2.32. The summed E-state index contributed by atoms with van der Waals surface area (Å²) in [7, 11) is 0. The number of fused-ring (bicyclic) bond motifs is 1. The fourth-order valence-corrected chi connectivity index (χ4v) is 3.69. The molecule has 0 radical (unpaired) electrons. The van der Waals surface area contributed by atoms with Gasteiger partial charge in [-0.2, -0.15) is 0 Å². The summed E-state index contributed by atoms with van der Waals surface area (Å²) >= 11 is 0. The third-order valence-electron chi connectivity index (χ3n) is 5.27. The number of anilines is 1. The molecule has 2 aromatic carbocycles. The van der Waals surface area contributed by atoms with Crippen molar-refractivity contribution in [2.24, 2.45) is 5.92 Å². The monoisotopic (exact) mass is 381 g/mol. The number of halogens is 2. The first kappa shape index (κ1) is 18.3. The maximum atomic E-state index is 13.9. The normalized spacial score (nSPS) is 15.0. The first-order valence-corrected chi connectivity index (χ1v) is 9.44. The number of benzene rings is 2. The summed E-state index contributed by atoms with van der Waals surface area (Å²) in [6.45, 7) is 2.10. The van der Waals surface area contributed by atoms with Gasteiger partial charge in [0.1, 0.15) is 11.3 Å². The summed E-state index contributed by atoms with van der Waals surface area (Å²) in [6.07, 6.45) is 3.29.